The first-order valence-corrected chi connectivity index (χ1v) is 6.24. The molecule has 0 aliphatic carbocycles. The van der Waals surface area contributed by atoms with E-state index < -0.39 is 0 Å². The number of ether oxygens (including phenoxy) is 1. The van der Waals surface area contributed by atoms with Crippen LogP contribution in [0, 0.1) is 13.8 Å². The summed E-state index contributed by atoms with van der Waals surface area (Å²) in [4.78, 5) is 8.56. The Kier molecular flexibility index (Phi) is 3.80. The van der Waals surface area contributed by atoms with Crippen molar-refractivity contribution in [1.82, 2.24) is 19.7 Å². The fraction of sp³-hybridized carbons (Fsp3) is 0.462. The van der Waals surface area contributed by atoms with Crippen LogP contribution in [0.1, 0.15) is 29.7 Å². The molecule has 0 atom stereocenters. The number of hydrogen-bond acceptors (Lipinski definition) is 5. The van der Waals surface area contributed by atoms with E-state index >= 15 is 0 Å². The summed E-state index contributed by atoms with van der Waals surface area (Å²) in [5.74, 6) is 1.66. The SMILES string of the molecule is CCc1c(C)nn(-c2cc(N)nc(COC)n2)c1C. The molecule has 19 heavy (non-hydrogen) atoms. The summed E-state index contributed by atoms with van der Waals surface area (Å²) in [7, 11) is 1.60. The standard InChI is InChI=1S/C13H19N5O/c1-5-10-8(2)17-18(9(10)3)13-6-11(14)15-12(16-13)7-19-4/h6H,5,7H2,1-4H3,(H2,14,15,16). The lowest BCUT2D eigenvalue weighted by Gasteiger charge is -2.07. The summed E-state index contributed by atoms with van der Waals surface area (Å²) in [6.45, 7) is 6.49. The topological polar surface area (TPSA) is 78.9 Å². The number of aryl methyl sites for hydroxylation is 1. The van der Waals surface area contributed by atoms with Gasteiger partial charge in [0.1, 0.15) is 12.4 Å². The van der Waals surface area contributed by atoms with Crippen molar-refractivity contribution >= 4 is 5.82 Å². The van der Waals surface area contributed by atoms with Crippen LogP contribution >= 0.6 is 0 Å². The molecule has 0 fully saturated rings. The zero-order valence-electron chi connectivity index (χ0n) is 11.8. The predicted octanol–water partition coefficient (Wildman–Crippen LogP) is 1.57. The van der Waals surface area contributed by atoms with Crippen LogP contribution in [0.15, 0.2) is 6.07 Å². The Hall–Kier alpha value is -1.95. The number of nitrogens with zero attached hydrogens (tertiary/aromatic N) is 4. The van der Waals surface area contributed by atoms with E-state index in [1.54, 1.807) is 13.2 Å². The molecule has 0 aliphatic heterocycles. The van der Waals surface area contributed by atoms with E-state index in [0.29, 0.717) is 24.1 Å². The van der Waals surface area contributed by atoms with E-state index in [-0.39, 0.29) is 0 Å². The summed E-state index contributed by atoms with van der Waals surface area (Å²) in [6.07, 6.45) is 0.948. The van der Waals surface area contributed by atoms with E-state index in [9.17, 15) is 0 Å². The van der Waals surface area contributed by atoms with Crippen molar-refractivity contribution in [3.63, 3.8) is 0 Å². The van der Waals surface area contributed by atoms with Gasteiger partial charge in [-0.25, -0.2) is 14.6 Å². The van der Waals surface area contributed by atoms with Gasteiger partial charge in [-0.1, -0.05) is 6.92 Å². The molecule has 2 heterocycles. The van der Waals surface area contributed by atoms with Crippen molar-refractivity contribution in [2.75, 3.05) is 12.8 Å². The lowest BCUT2D eigenvalue weighted by Crippen LogP contribution is -2.08. The lowest BCUT2D eigenvalue weighted by molar-refractivity contribution is 0.178. The van der Waals surface area contributed by atoms with Crippen LogP contribution in [-0.2, 0) is 17.8 Å². The molecule has 0 aromatic carbocycles. The first-order valence-electron chi connectivity index (χ1n) is 6.24. The number of nitrogen functional groups attached to an aromatic ring is 1. The lowest BCUT2D eigenvalue weighted by atomic mass is 10.1. The Labute approximate surface area is 112 Å². The quantitative estimate of drug-likeness (QED) is 0.903. The van der Waals surface area contributed by atoms with E-state index in [0.717, 1.165) is 17.8 Å². The van der Waals surface area contributed by atoms with Gasteiger partial charge in [0.25, 0.3) is 0 Å². The van der Waals surface area contributed by atoms with Gasteiger partial charge < -0.3 is 10.5 Å². The molecule has 0 saturated heterocycles. The zero-order chi connectivity index (χ0) is 14.0. The highest BCUT2D eigenvalue weighted by atomic mass is 16.5. The maximum atomic E-state index is 5.81. The number of hydrogen-bond donors (Lipinski definition) is 1. The normalized spacial score (nSPS) is 10.9. The third kappa shape index (κ3) is 2.58. The van der Waals surface area contributed by atoms with Gasteiger partial charge in [-0.05, 0) is 25.8 Å². The minimum atomic E-state index is 0.331. The molecular weight excluding hydrogens is 242 g/mol. The molecule has 0 amide bonds. The van der Waals surface area contributed by atoms with Crippen LogP contribution in [0.25, 0.3) is 5.82 Å². The highest BCUT2D eigenvalue weighted by Crippen LogP contribution is 2.18. The first-order chi connectivity index (χ1) is 9.06. The van der Waals surface area contributed by atoms with Crippen molar-refractivity contribution in [3.8, 4) is 5.82 Å². The molecule has 2 aromatic heterocycles. The second-order valence-corrected chi connectivity index (χ2v) is 4.41. The highest BCUT2D eigenvalue weighted by molar-refractivity contribution is 5.40. The van der Waals surface area contributed by atoms with Crippen LogP contribution in [-0.4, -0.2) is 26.9 Å². The Morgan fingerprint density at radius 2 is 2.05 bits per heavy atom. The van der Waals surface area contributed by atoms with Gasteiger partial charge in [0.15, 0.2) is 11.6 Å². The molecule has 0 bridgehead atoms. The predicted molar refractivity (Wildman–Crippen MR) is 73.1 cm³/mol. The molecule has 0 unspecified atom stereocenters. The number of nitrogens with two attached hydrogens (primary N) is 1. The van der Waals surface area contributed by atoms with Crippen LogP contribution < -0.4 is 5.73 Å². The number of rotatable bonds is 4. The van der Waals surface area contributed by atoms with Crippen molar-refractivity contribution in [2.24, 2.45) is 0 Å². The summed E-state index contributed by atoms with van der Waals surface area (Å²) in [5, 5.41) is 4.52. The van der Waals surface area contributed by atoms with Crippen molar-refractivity contribution < 1.29 is 4.74 Å². The van der Waals surface area contributed by atoms with Crippen LogP contribution in [0.4, 0.5) is 5.82 Å². The minimum absolute atomic E-state index is 0.331. The number of methoxy groups -OCH3 is 1. The second-order valence-electron chi connectivity index (χ2n) is 4.41. The third-order valence-corrected chi connectivity index (χ3v) is 3.06. The molecule has 0 aliphatic rings. The fourth-order valence-corrected chi connectivity index (χ4v) is 2.21. The minimum Gasteiger partial charge on any atom is -0.384 e. The molecule has 2 aromatic rings. The maximum absolute atomic E-state index is 5.81. The van der Waals surface area contributed by atoms with Crippen molar-refractivity contribution in [1.29, 1.82) is 0 Å². The molecule has 2 N–H and O–H groups in total. The van der Waals surface area contributed by atoms with E-state index in [1.807, 2.05) is 18.5 Å². The number of anilines is 1. The molecule has 102 valence electrons. The molecule has 0 radical (unpaired) electrons. The molecule has 2 rings (SSSR count). The number of aromatic nitrogens is 4. The molecule has 6 heteroatoms. The van der Waals surface area contributed by atoms with Gasteiger partial charge in [0.2, 0.25) is 0 Å². The summed E-state index contributed by atoms with van der Waals surface area (Å²) in [6, 6.07) is 1.72. The second kappa shape index (κ2) is 5.36. The molecular formula is C13H19N5O. The third-order valence-electron chi connectivity index (χ3n) is 3.06. The largest absolute Gasteiger partial charge is 0.384 e. The van der Waals surface area contributed by atoms with E-state index in [1.165, 1.54) is 5.56 Å². The Balaban J connectivity index is 2.52. The molecule has 0 saturated carbocycles. The Morgan fingerprint density at radius 3 is 2.63 bits per heavy atom. The fourth-order valence-electron chi connectivity index (χ4n) is 2.21. The van der Waals surface area contributed by atoms with Gasteiger partial charge >= 0.3 is 0 Å². The smallest absolute Gasteiger partial charge is 0.159 e. The Morgan fingerprint density at radius 1 is 1.32 bits per heavy atom. The summed E-state index contributed by atoms with van der Waals surface area (Å²) >= 11 is 0. The first kappa shape index (κ1) is 13.5. The van der Waals surface area contributed by atoms with Gasteiger partial charge in [0, 0.05) is 18.9 Å². The summed E-state index contributed by atoms with van der Waals surface area (Å²) in [5.41, 5.74) is 9.15. The monoisotopic (exact) mass is 261 g/mol. The van der Waals surface area contributed by atoms with Gasteiger partial charge in [0.05, 0.1) is 5.69 Å². The van der Waals surface area contributed by atoms with E-state index in [2.05, 4.69) is 22.0 Å². The zero-order valence-corrected chi connectivity index (χ0v) is 11.8. The average molecular weight is 261 g/mol. The van der Waals surface area contributed by atoms with Crippen LogP contribution in [0.2, 0.25) is 0 Å². The summed E-state index contributed by atoms with van der Waals surface area (Å²) < 4.78 is 6.85. The molecule has 6 nitrogen and oxygen atoms in total. The highest BCUT2D eigenvalue weighted by Gasteiger charge is 2.13. The average Bonchev–Trinajstić information content (AvgIpc) is 2.64. The van der Waals surface area contributed by atoms with Crippen LogP contribution in [0.5, 0.6) is 0 Å². The van der Waals surface area contributed by atoms with Gasteiger partial charge in [-0.15, -0.1) is 0 Å². The molecule has 0 spiro atoms. The van der Waals surface area contributed by atoms with Crippen molar-refractivity contribution in [2.45, 2.75) is 33.8 Å². The van der Waals surface area contributed by atoms with Crippen molar-refractivity contribution in [3.05, 3.63) is 28.8 Å². The maximum Gasteiger partial charge on any atom is 0.159 e. The van der Waals surface area contributed by atoms with Crippen LogP contribution in [0.3, 0.4) is 0 Å². The van der Waals surface area contributed by atoms with E-state index in [4.69, 9.17) is 10.5 Å². The Bertz CT molecular complexity index is 591. The van der Waals surface area contributed by atoms with Gasteiger partial charge in [-0.2, -0.15) is 5.10 Å². The van der Waals surface area contributed by atoms with Gasteiger partial charge in [-0.3, -0.25) is 0 Å².